The summed E-state index contributed by atoms with van der Waals surface area (Å²) in [7, 11) is 3.18. The zero-order valence-electron chi connectivity index (χ0n) is 23.6. The average molecular weight is 570 g/mol. The third-order valence-corrected chi connectivity index (χ3v) is 7.21. The van der Waals surface area contributed by atoms with Crippen molar-refractivity contribution in [1.29, 1.82) is 0 Å². The van der Waals surface area contributed by atoms with E-state index >= 15 is 0 Å². The van der Waals surface area contributed by atoms with Crippen LogP contribution in [0.15, 0.2) is 84.9 Å². The van der Waals surface area contributed by atoms with Crippen molar-refractivity contribution in [2.24, 2.45) is 0 Å². The Bertz CT molecular complexity index is 1510. The van der Waals surface area contributed by atoms with Crippen molar-refractivity contribution < 1.29 is 23.5 Å². The average Bonchev–Trinajstić information content (AvgIpc) is 3.05. The van der Waals surface area contributed by atoms with E-state index in [4.69, 9.17) is 9.47 Å². The molecule has 0 aliphatic carbocycles. The van der Waals surface area contributed by atoms with Gasteiger partial charge in [-0.25, -0.2) is 4.39 Å². The maximum atomic E-state index is 13.5. The van der Waals surface area contributed by atoms with Crippen LogP contribution in [-0.4, -0.2) is 78.8 Å². The van der Waals surface area contributed by atoms with Gasteiger partial charge in [-0.05, 0) is 66.2 Å². The Balaban J connectivity index is 1.22. The van der Waals surface area contributed by atoms with Crippen molar-refractivity contribution in [2.45, 2.75) is 6.54 Å². The Kier molecular flexibility index (Phi) is 8.91. The highest BCUT2D eigenvalue weighted by Gasteiger charge is 2.26. The highest BCUT2D eigenvalue weighted by Crippen LogP contribution is 2.23. The van der Waals surface area contributed by atoms with Crippen LogP contribution in [0.4, 0.5) is 10.2 Å². The molecule has 0 N–H and O–H groups in total. The molecule has 5 rings (SSSR count). The summed E-state index contributed by atoms with van der Waals surface area (Å²) >= 11 is 0. The zero-order chi connectivity index (χ0) is 29.5. The van der Waals surface area contributed by atoms with Gasteiger partial charge in [-0.2, -0.15) is 0 Å². The zero-order valence-corrected chi connectivity index (χ0v) is 23.6. The molecule has 0 spiro atoms. The van der Waals surface area contributed by atoms with E-state index in [1.54, 1.807) is 55.5 Å². The van der Waals surface area contributed by atoms with Crippen LogP contribution < -0.4 is 14.4 Å². The van der Waals surface area contributed by atoms with Gasteiger partial charge in [0.15, 0.2) is 5.82 Å². The quantitative estimate of drug-likeness (QED) is 0.297. The summed E-state index contributed by atoms with van der Waals surface area (Å²) in [5.41, 5.74) is 2.82. The van der Waals surface area contributed by atoms with Gasteiger partial charge in [0.1, 0.15) is 23.9 Å². The van der Waals surface area contributed by atoms with Crippen LogP contribution in [-0.2, 0) is 11.3 Å². The largest absolute Gasteiger partial charge is 0.497 e. The number of amides is 2. The van der Waals surface area contributed by atoms with Gasteiger partial charge in [0, 0.05) is 43.9 Å². The third-order valence-electron chi connectivity index (χ3n) is 7.21. The molecule has 1 fully saturated rings. The summed E-state index contributed by atoms with van der Waals surface area (Å²) in [6.07, 6.45) is 0. The van der Waals surface area contributed by atoms with Crippen LogP contribution in [0.25, 0.3) is 11.3 Å². The Morgan fingerprint density at radius 2 is 1.55 bits per heavy atom. The molecule has 1 saturated heterocycles. The molecule has 0 saturated carbocycles. The van der Waals surface area contributed by atoms with E-state index in [-0.39, 0.29) is 30.7 Å². The summed E-state index contributed by atoms with van der Waals surface area (Å²) in [5.74, 6) is 1.31. The second-order valence-corrected chi connectivity index (χ2v) is 9.89. The molecule has 2 heterocycles. The first-order valence-electron chi connectivity index (χ1n) is 13.6. The molecule has 10 heteroatoms. The first-order chi connectivity index (χ1) is 20.4. The highest BCUT2D eigenvalue weighted by atomic mass is 19.1. The molecule has 1 aliphatic rings. The number of carbonyl (C=O) groups is 2. The molecule has 0 radical (unpaired) electrons. The van der Waals surface area contributed by atoms with Crippen LogP contribution in [0.5, 0.6) is 11.5 Å². The molecule has 3 aromatic carbocycles. The second-order valence-electron chi connectivity index (χ2n) is 9.89. The summed E-state index contributed by atoms with van der Waals surface area (Å²) in [6, 6.07) is 24.2. The molecule has 1 aromatic heterocycles. The molecular weight excluding hydrogens is 537 g/mol. The van der Waals surface area contributed by atoms with E-state index in [9.17, 15) is 14.0 Å². The number of anilines is 1. The molecule has 216 valence electrons. The molecule has 1 aliphatic heterocycles. The lowest BCUT2D eigenvalue weighted by molar-refractivity contribution is -0.132. The number of ether oxygens (including phenoxy) is 2. The van der Waals surface area contributed by atoms with Gasteiger partial charge in [-0.1, -0.05) is 24.3 Å². The van der Waals surface area contributed by atoms with E-state index in [0.717, 1.165) is 28.4 Å². The van der Waals surface area contributed by atoms with E-state index < -0.39 is 0 Å². The third kappa shape index (κ3) is 6.83. The van der Waals surface area contributed by atoms with Crippen LogP contribution in [0.1, 0.15) is 15.9 Å². The fraction of sp³-hybridized carbons (Fsp3) is 0.250. The monoisotopic (exact) mass is 569 g/mol. The standard InChI is InChI=1S/C32H32FN5O4/c1-41-27-12-8-24(9-13-27)32(40)38(21-23-6-10-26(33)11-7-23)22-31(39)37-18-16-36(17-19-37)30-15-14-29(34-35-30)25-4-3-5-28(20-25)42-2/h3-15,20H,16-19,21-22H2,1-2H3. The van der Waals surface area contributed by atoms with Crippen molar-refractivity contribution in [3.05, 3.63) is 102 Å². The summed E-state index contributed by atoms with van der Waals surface area (Å²) < 4.78 is 24.0. The number of hydrogen-bond acceptors (Lipinski definition) is 7. The molecule has 0 atom stereocenters. The lowest BCUT2D eigenvalue weighted by Gasteiger charge is -2.36. The number of hydrogen-bond donors (Lipinski definition) is 0. The van der Waals surface area contributed by atoms with Crippen molar-refractivity contribution in [3.8, 4) is 22.8 Å². The first-order valence-corrected chi connectivity index (χ1v) is 13.6. The van der Waals surface area contributed by atoms with E-state index in [1.165, 1.54) is 17.0 Å². The minimum atomic E-state index is -0.361. The van der Waals surface area contributed by atoms with Gasteiger partial charge in [0.2, 0.25) is 5.91 Å². The van der Waals surface area contributed by atoms with Crippen LogP contribution in [0.3, 0.4) is 0 Å². The van der Waals surface area contributed by atoms with Gasteiger partial charge in [-0.3, -0.25) is 9.59 Å². The summed E-state index contributed by atoms with van der Waals surface area (Å²) in [4.78, 5) is 32.2. The lowest BCUT2D eigenvalue weighted by atomic mass is 10.1. The fourth-order valence-electron chi connectivity index (χ4n) is 4.80. The van der Waals surface area contributed by atoms with E-state index in [2.05, 4.69) is 15.1 Å². The van der Waals surface area contributed by atoms with Gasteiger partial charge in [0.25, 0.3) is 5.91 Å². The lowest BCUT2D eigenvalue weighted by Crippen LogP contribution is -2.52. The number of methoxy groups -OCH3 is 2. The number of carbonyl (C=O) groups excluding carboxylic acids is 2. The number of halogens is 1. The van der Waals surface area contributed by atoms with E-state index in [0.29, 0.717) is 37.5 Å². The predicted octanol–water partition coefficient (Wildman–Crippen LogP) is 4.29. The topological polar surface area (TPSA) is 88.1 Å². The number of benzene rings is 3. The van der Waals surface area contributed by atoms with Crippen molar-refractivity contribution in [3.63, 3.8) is 0 Å². The Hall–Kier alpha value is -4.99. The molecule has 2 amide bonds. The Labute approximate surface area is 244 Å². The Morgan fingerprint density at radius 1 is 0.833 bits per heavy atom. The second kappa shape index (κ2) is 13.1. The van der Waals surface area contributed by atoms with E-state index in [1.807, 2.05) is 36.4 Å². The smallest absolute Gasteiger partial charge is 0.254 e. The van der Waals surface area contributed by atoms with Crippen LogP contribution in [0, 0.1) is 5.82 Å². The molecular formula is C32H32FN5O4. The number of rotatable bonds is 9. The molecule has 0 unspecified atom stereocenters. The minimum Gasteiger partial charge on any atom is -0.497 e. The van der Waals surface area contributed by atoms with Gasteiger partial charge >= 0.3 is 0 Å². The minimum absolute atomic E-state index is 0.0999. The molecule has 0 bridgehead atoms. The van der Waals surface area contributed by atoms with Crippen LogP contribution in [0.2, 0.25) is 0 Å². The molecule has 42 heavy (non-hydrogen) atoms. The van der Waals surface area contributed by atoms with Gasteiger partial charge < -0.3 is 24.2 Å². The SMILES string of the molecule is COc1ccc(C(=O)N(CC(=O)N2CCN(c3ccc(-c4cccc(OC)c4)nn3)CC2)Cc2ccc(F)cc2)cc1. The maximum absolute atomic E-state index is 13.5. The fourth-order valence-corrected chi connectivity index (χ4v) is 4.80. The maximum Gasteiger partial charge on any atom is 0.254 e. The number of piperazine rings is 1. The van der Waals surface area contributed by atoms with Crippen molar-refractivity contribution in [1.82, 2.24) is 20.0 Å². The number of nitrogens with zero attached hydrogens (tertiary/aromatic N) is 5. The first kappa shape index (κ1) is 28.5. The van der Waals surface area contributed by atoms with Gasteiger partial charge in [-0.15, -0.1) is 10.2 Å². The van der Waals surface area contributed by atoms with Gasteiger partial charge in [0.05, 0.1) is 19.9 Å². The highest BCUT2D eigenvalue weighted by molar-refractivity contribution is 5.96. The number of aromatic nitrogens is 2. The van der Waals surface area contributed by atoms with Crippen molar-refractivity contribution in [2.75, 3.05) is 51.8 Å². The molecule has 9 nitrogen and oxygen atoms in total. The summed E-state index contributed by atoms with van der Waals surface area (Å²) in [5, 5.41) is 8.81. The normalized spacial score (nSPS) is 13.0. The molecule has 4 aromatic rings. The predicted molar refractivity (Wildman–Crippen MR) is 157 cm³/mol. The Morgan fingerprint density at radius 3 is 2.19 bits per heavy atom. The van der Waals surface area contributed by atoms with Crippen LogP contribution >= 0.6 is 0 Å². The van der Waals surface area contributed by atoms with Crippen molar-refractivity contribution >= 4 is 17.6 Å². The summed E-state index contributed by atoms with van der Waals surface area (Å²) in [6.45, 7) is 2.22.